The first-order valence-corrected chi connectivity index (χ1v) is 5.52. The van der Waals surface area contributed by atoms with Crippen LogP contribution in [0.3, 0.4) is 0 Å². The van der Waals surface area contributed by atoms with Crippen LogP contribution in [0.25, 0.3) is 0 Å². The van der Waals surface area contributed by atoms with Gasteiger partial charge in [-0.2, -0.15) is 0 Å². The van der Waals surface area contributed by atoms with Crippen LogP contribution in [0.15, 0.2) is 22.8 Å². The topological polar surface area (TPSA) is 42.4 Å². The lowest BCUT2D eigenvalue weighted by Gasteiger charge is -2.30. The SMILES string of the molecule is CCN(Cc1ccco1)CC(C)(C)CN. The largest absolute Gasteiger partial charge is 0.468 e. The minimum atomic E-state index is 0.169. The zero-order chi connectivity index (χ0) is 11.3. The van der Waals surface area contributed by atoms with Gasteiger partial charge < -0.3 is 10.2 Å². The second-order valence-electron chi connectivity index (χ2n) is 4.75. The summed E-state index contributed by atoms with van der Waals surface area (Å²) < 4.78 is 5.34. The maximum absolute atomic E-state index is 5.73. The summed E-state index contributed by atoms with van der Waals surface area (Å²) in [5, 5.41) is 0. The number of nitrogens with two attached hydrogens (primary N) is 1. The molecule has 0 aliphatic rings. The van der Waals surface area contributed by atoms with Gasteiger partial charge in [0.15, 0.2) is 0 Å². The zero-order valence-electron chi connectivity index (χ0n) is 9.99. The fourth-order valence-electron chi connectivity index (χ4n) is 1.57. The van der Waals surface area contributed by atoms with Gasteiger partial charge in [-0.3, -0.25) is 4.90 Å². The summed E-state index contributed by atoms with van der Waals surface area (Å²) in [6, 6.07) is 3.94. The predicted molar refractivity (Wildman–Crippen MR) is 62.5 cm³/mol. The Kier molecular flexibility index (Phi) is 4.36. The molecule has 0 saturated carbocycles. The van der Waals surface area contributed by atoms with E-state index >= 15 is 0 Å². The fraction of sp³-hybridized carbons (Fsp3) is 0.667. The Morgan fingerprint density at radius 3 is 2.67 bits per heavy atom. The summed E-state index contributed by atoms with van der Waals surface area (Å²) >= 11 is 0. The van der Waals surface area contributed by atoms with Crippen LogP contribution >= 0.6 is 0 Å². The maximum atomic E-state index is 5.73. The molecule has 2 N–H and O–H groups in total. The van der Waals surface area contributed by atoms with Gasteiger partial charge in [0.2, 0.25) is 0 Å². The highest BCUT2D eigenvalue weighted by atomic mass is 16.3. The molecule has 0 saturated heterocycles. The molecule has 0 aliphatic carbocycles. The van der Waals surface area contributed by atoms with Crippen LogP contribution in [0, 0.1) is 5.41 Å². The number of rotatable bonds is 6. The number of hydrogen-bond acceptors (Lipinski definition) is 3. The van der Waals surface area contributed by atoms with Crippen molar-refractivity contribution in [1.82, 2.24) is 4.90 Å². The Morgan fingerprint density at radius 1 is 1.47 bits per heavy atom. The Hall–Kier alpha value is -0.800. The van der Waals surface area contributed by atoms with Crippen LogP contribution in [0.2, 0.25) is 0 Å². The molecule has 0 bridgehead atoms. The predicted octanol–water partition coefficient (Wildman–Crippen LogP) is 2.09. The van der Waals surface area contributed by atoms with Crippen LogP contribution in [0.5, 0.6) is 0 Å². The van der Waals surface area contributed by atoms with E-state index in [-0.39, 0.29) is 5.41 Å². The first-order chi connectivity index (χ1) is 7.07. The molecule has 15 heavy (non-hydrogen) atoms. The summed E-state index contributed by atoms with van der Waals surface area (Å²) in [7, 11) is 0. The molecule has 0 aliphatic heterocycles. The second-order valence-corrected chi connectivity index (χ2v) is 4.75. The van der Waals surface area contributed by atoms with Gasteiger partial charge in [-0.05, 0) is 30.6 Å². The smallest absolute Gasteiger partial charge is 0.117 e. The molecule has 0 radical (unpaired) electrons. The van der Waals surface area contributed by atoms with Gasteiger partial charge in [-0.1, -0.05) is 20.8 Å². The van der Waals surface area contributed by atoms with Crippen molar-refractivity contribution in [3.05, 3.63) is 24.2 Å². The van der Waals surface area contributed by atoms with Gasteiger partial charge >= 0.3 is 0 Å². The molecular formula is C12H22N2O. The van der Waals surface area contributed by atoms with E-state index < -0.39 is 0 Å². The second kappa shape index (κ2) is 5.33. The van der Waals surface area contributed by atoms with Crippen LogP contribution in [-0.2, 0) is 6.54 Å². The highest BCUT2D eigenvalue weighted by Crippen LogP contribution is 2.16. The lowest BCUT2D eigenvalue weighted by Crippen LogP contribution is -2.38. The van der Waals surface area contributed by atoms with Crippen molar-refractivity contribution in [3.63, 3.8) is 0 Å². The van der Waals surface area contributed by atoms with E-state index in [0.29, 0.717) is 6.54 Å². The monoisotopic (exact) mass is 210 g/mol. The standard InChI is InChI=1S/C12H22N2O/c1-4-14(10-12(2,3)9-13)8-11-6-5-7-15-11/h5-7H,4,8-10,13H2,1-3H3. The molecule has 86 valence electrons. The third kappa shape index (κ3) is 4.06. The molecule has 3 nitrogen and oxygen atoms in total. The molecule has 0 aromatic carbocycles. The average Bonchev–Trinajstić information content (AvgIpc) is 2.69. The highest BCUT2D eigenvalue weighted by Gasteiger charge is 2.19. The summed E-state index contributed by atoms with van der Waals surface area (Å²) in [4.78, 5) is 2.35. The average molecular weight is 210 g/mol. The van der Waals surface area contributed by atoms with E-state index in [1.54, 1.807) is 6.26 Å². The minimum Gasteiger partial charge on any atom is -0.468 e. The molecule has 3 heteroatoms. The summed E-state index contributed by atoms with van der Waals surface area (Å²) in [6.45, 7) is 10.1. The Balaban J connectivity index is 2.50. The molecule has 0 spiro atoms. The van der Waals surface area contributed by atoms with Gasteiger partial charge in [0, 0.05) is 6.54 Å². The van der Waals surface area contributed by atoms with Crippen molar-refractivity contribution in [2.24, 2.45) is 11.1 Å². The normalized spacial score (nSPS) is 12.3. The van der Waals surface area contributed by atoms with Gasteiger partial charge in [-0.15, -0.1) is 0 Å². The third-order valence-electron chi connectivity index (χ3n) is 2.61. The lowest BCUT2D eigenvalue weighted by atomic mass is 9.93. The molecule has 1 rings (SSSR count). The Morgan fingerprint density at radius 2 is 2.20 bits per heavy atom. The van der Waals surface area contributed by atoms with Crippen molar-refractivity contribution < 1.29 is 4.42 Å². The third-order valence-corrected chi connectivity index (χ3v) is 2.61. The van der Waals surface area contributed by atoms with Crippen molar-refractivity contribution in [2.75, 3.05) is 19.6 Å². The van der Waals surface area contributed by atoms with E-state index in [9.17, 15) is 0 Å². The molecule has 0 fully saturated rings. The van der Waals surface area contributed by atoms with Crippen molar-refractivity contribution in [1.29, 1.82) is 0 Å². The number of hydrogen-bond donors (Lipinski definition) is 1. The molecule has 0 amide bonds. The minimum absolute atomic E-state index is 0.169. The van der Waals surface area contributed by atoms with Crippen molar-refractivity contribution in [2.45, 2.75) is 27.3 Å². The maximum Gasteiger partial charge on any atom is 0.117 e. The first-order valence-electron chi connectivity index (χ1n) is 5.52. The quantitative estimate of drug-likeness (QED) is 0.781. The number of furan rings is 1. The van der Waals surface area contributed by atoms with Gasteiger partial charge in [0.25, 0.3) is 0 Å². The van der Waals surface area contributed by atoms with E-state index in [1.165, 1.54) is 0 Å². The summed E-state index contributed by atoms with van der Waals surface area (Å²) in [5.74, 6) is 1.02. The van der Waals surface area contributed by atoms with E-state index in [1.807, 2.05) is 12.1 Å². The molecule has 1 heterocycles. The molecule has 1 aromatic rings. The van der Waals surface area contributed by atoms with Crippen LogP contribution < -0.4 is 5.73 Å². The first kappa shape index (κ1) is 12.3. The Bertz CT molecular complexity index is 267. The van der Waals surface area contributed by atoms with E-state index in [2.05, 4.69) is 25.7 Å². The van der Waals surface area contributed by atoms with E-state index in [4.69, 9.17) is 10.2 Å². The van der Waals surface area contributed by atoms with Crippen LogP contribution in [0.4, 0.5) is 0 Å². The Labute approximate surface area is 92.2 Å². The van der Waals surface area contributed by atoms with Gasteiger partial charge in [0.05, 0.1) is 12.8 Å². The molecule has 0 atom stereocenters. The number of nitrogens with zero attached hydrogens (tertiary/aromatic N) is 1. The molecule has 0 unspecified atom stereocenters. The molecular weight excluding hydrogens is 188 g/mol. The van der Waals surface area contributed by atoms with Gasteiger partial charge in [0.1, 0.15) is 5.76 Å². The zero-order valence-corrected chi connectivity index (χ0v) is 9.99. The van der Waals surface area contributed by atoms with Crippen LogP contribution in [0.1, 0.15) is 26.5 Å². The molecule has 1 aromatic heterocycles. The lowest BCUT2D eigenvalue weighted by molar-refractivity contribution is 0.173. The van der Waals surface area contributed by atoms with Crippen molar-refractivity contribution >= 4 is 0 Å². The summed E-state index contributed by atoms with van der Waals surface area (Å²) in [6.07, 6.45) is 1.72. The van der Waals surface area contributed by atoms with E-state index in [0.717, 1.165) is 25.4 Å². The van der Waals surface area contributed by atoms with Crippen LogP contribution in [-0.4, -0.2) is 24.5 Å². The summed E-state index contributed by atoms with van der Waals surface area (Å²) in [5.41, 5.74) is 5.90. The van der Waals surface area contributed by atoms with Crippen molar-refractivity contribution in [3.8, 4) is 0 Å². The fourth-order valence-corrected chi connectivity index (χ4v) is 1.57. The highest BCUT2D eigenvalue weighted by molar-refractivity contribution is 4.98. The van der Waals surface area contributed by atoms with Gasteiger partial charge in [-0.25, -0.2) is 0 Å².